The van der Waals surface area contributed by atoms with Gasteiger partial charge in [0.2, 0.25) is 0 Å². The van der Waals surface area contributed by atoms with Crippen molar-refractivity contribution in [1.82, 2.24) is 0 Å². The van der Waals surface area contributed by atoms with Crippen LogP contribution in [0.4, 0.5) is 27.1 Å². The number of benzene rings is 9. The molecule has 5 aliphatic rings. The van der Waals surface area contributed by atoms with Gasteiger partial charge in [0.25, 0.3) is 23.6 Å². The van der Waals surface area contributed by atoms with Crippen molar-refractivity contribution in [3.05, 3.63) is 269 Å². The van der Waals surface area contributed by atoms with E-state index in [1.54, 1.807) is 44.8 Å². The van der Waals surface area contributed by atoms with Crippen LogP contribution in [0, 0.1) is 12.7 Å². The minimum Gasteiger partial charge on any atom is -0.496 e. The number of rotatable bonds is 10. The molecule has 0 saturated heterocycles. The first-order valence-corrected chi connectivity index (χ1v) is 34.3. The molecule has 0 bridgehead atoms. The summed E-state index contributed by atoms with van der Waals surface area (Å²) in [6.45, 7) is 10.5. The number of methoxy groups -OCH3 is 3. The van der Waals surface area contributed by atoms with E-state index in [-0.39, 0.29) is 35.0 Å². The van der Waals surface area contributed by atoms with E-state index >= 15 is 0 Å². The third-order valence-electron chi connectivity index (χ3n) is 17.3. The summed E-state index contributed by atoms with van der Waals surface area (Å²) in [6, 6.07) is 57.6. The Kier molecular flexibility index (Phi) is 20.1. The SMILES string of the molecule is CC1(C)CCc2cc(C=C3C(=O)Nc4ccc(Br)cc43)ccc2O1.COc1cc(C)c(C=C2C(=O)Nc3ccc(Br)cc32)cc1C(C)C.COc1ccc(C=C2C(=O)Nc3ccc(F)cc32)cc1-c1ccccc1.COc1ccc(C=C2C(=O)Nc3ccccc32)cc1-c1ccsc1. The fourth-order valence-corrected chi connectivity index (χ4v) is 13.6. The molecule has 492 valence electrons. The fraction of sp³-hybridized carbons (Fsp3) is 0.146. The summed E-state index contributed by atoms with van der Waals surface area (Å²) in [6.07, 6.45) is 9.61. The summed E-state index contributed by atoms with van der Waals surface area (Å²) >= 11 is 8.60. The van der Waals surface area contributed by atoms with Gasteiger partial charge in [-0.1, -0.05) is 112 Å². The second-order valence-corrected chi connectivity index (χ2v) is 27.4. The molecule has 5 aliphatic heterocycles. The van der Waals surface area contributed by atoms with Crippen LogP contribution in [-0.4, -0.2) is 50.6 Å². The van der Waals surface area contributed by atoms with Gasteiger partial charge in [-0.15, -0.1) is 0 Å². The van der Waals surface area contributed by atoms with Gasteiger partial charge in [0.15, 0.2) is 0 Å². The van der Waals surface area contributed by atoms with Crippen LogP contribution in [0.2, 0.25) is 0 Å². The smallest absolute Gasteiger partial charge is 0.256 e. The zero-order chi connectivity index (χ0) is 68.9. The molecular weight excluding hydrogens is 1380 g/mol. The molecule has 4 N–H and O–H groups in total. The summed E-state index contributed by atoms with van der Waals surface area (Å²) in [7, 11) is 4.99. The van der Waals surface area contributed by atoms with Crippen LogP contribution < -0.4 is 40.2 Å². The molecule has 0 fully saturated rings. The molecule has 10 aromatic rings. The third-order valence-corrected chi connectivity index (χ3v) is 19.0. The van der Waals surface area contributed by atoms with Crippen LogP contribution in [0.3, 0.4) is 0 Å². The topological polar surface area (TPSA) is 153 Å². The largest absolute Gasteiger partial charge is 0.496 e. The number of para-hydroxylation sites is 1. The van der Waals surface area contributed by atoms with Crippen molar-refractivity contribution >= 4 is 136 Å². The van der Waals surface area contributed by atoms with Gasteiger partial charge in [0.05, 0.1) is 21.3 Å². The molecule has 4 amide bonds. The van der Waals surface area contributed by atoms with Gasteiger partial charge in [-0.05, 0) is 240 Å². The van der Waals surface area contributed by atoms with Crippen molar-refractivity contribution < 1.29 is 42.5 Å². The standard InChI is InChI=1S/C22H16FNO2.C20H18BrNO2.C20H20BrNO2.C20H15NO2S/c1-26-21-10-7-14(11-17(21)15-5-3-2-4-6-15)12-19-18-13-16(23)8-9-20(18)24-22(19)25;1-20(2)8-7-13-9-12(3-6-18(13)24-20)10-16-15-11-14(21)4-5-17(15)22-19(16)23;1-11(2)15-8-13(12(3)7-19(15)24-4)9-17-16-10-14(21)5-6-18(16)22-20(17)23;1-23-19-7-6-13(10-16(19)14-8-9-24-12-14)11-17-15-4-2-3-5-18(15)21-20(17)22/h2-13H,1H3,(H,24,25);3-6,9-11H,7-8H2,1-2H3,(H,22,23);5-11H,1-4H3,(H,22,23);2-12H,1H3,(H,21,22). The van der Waals surface area contributed by atoms with Gasteiger partial charge in [-0.3, -0.25) is 19.2 Å². The van der Waals surface area contributed by atoms with E-state index in [2.05, 4.69) is 110 Å². The first-order chi connectivity index (χ1) is 47.2. The second kappa shape index (κ2) is 29.1. The second-order valence-electron chi connectivity index (χ2n) is 24.8. The summed E-state index contributed by atoms with van der Waals surface area (Å²) in [4.78, 5) is 49.3. The zero-order valence-corrected chi connectivity index (χ0v) is 59.1. The summed E-state index contributed by atoms with van der Waals surface area (Å²) in [5.41, 5.74) is 20.4. The third kappa shape index (κ3) is 14.9. The number of amides is 4. The van der Waals surface area contributed by atoms with Gasteiger partial charge in [-0.2, -0.15) is 11.3 Å². The van der Waals surface area contributed by atoms with E-state index in [9.17, 15) is 23.6 Å². The number of nitrogens with one attached hydrogen (secondary N) is 4. The molecule has 9 aromatic carbocycles. The van der Waals surface area contributed by atoms with E-state index in [0.29, 0.717) is 39.5 Å². The minimum absolute atomic E-state index is 0.0572. The number of carbonyl (C=O) groups excluding carboxylic acids is 4. The van der Waals surface area contributed by atoms with Gasteiger partial charge < -0.3 is 40.2 Å². The zero-order valence-electron chi connectivity index (χ0n) is 55.1. The molecule has 0 aliphatic carbocycles. The summed E-state index contributed by atoms with van der Waals surface area (Å²) in [5, 5.41) is 15.6. The predicted molar refractivity (Wildman–Crippen MR) is 403 cm³/mol. The molecule has 6 heterocycles. The number of fused-ring (bicyclic) bond motifs is 5. The summed E-state index contributed by atoms with van der Waals surface area (Å²) in [5.74, 6) is 2.97. The fourth-order valence-electron chi connectivity index (χ4n) is 12.2. The Morgan fingerprint density at radius 2 is 0.990 bits per heavy atom. The number of hydrogen-bond acceptors (Lipinski definition) is 9. The van der Waals surface area contributed by atoms with Gasteiger partial charge in [0.1, 0.15) is 34.4 Å². The van der Waals surface area contributed by atoms with Crippen molar-refractivity contribution in [3.8, 4) is 45.3 Å². The van der Waals surface area contributed by atoms with E-state index in [0.717, 1.165) is 134 Å². The Hall–Kier alpha value is -10.4. The highest BCUT2D eigenvalue weighted by atomic mass is 79.9. The first-order valence-electron chi connectivity index (χ1n) is 31.8. The van der Waals surface area contributed by atoms with Gasteiger partial charge in [-0.25, -0.2) is 4.39 Å². The van der Waals surface area contributed by atoms with Crippen molar-refractivity contribution in [2.24, 2.45) is 0 Å². The van der Waals surface area contributed by atoms with Gasteiger partial charge in [0, 0.05) is 87.4 Å². The Bertz CT molecular complexity index is 4940. The molecule has 0 unspecified atom stereocenters. The van der Waals surface area contributed by atoms with Crippen molar-refractivity contribution in [1.29, 1.82) is 0 Å². The monoisotopic (exact) mass is 1450 g/mol. The number of aryl methyl sites for hydroxylation is 2. The highest BCUT2D eigenvalue weighted by Crippen LogP contribution is 2.42. The normalized spacial score (nSPS) is 15.8. The average Bonchev–Trinajstić information content (AvgIpc) is 1.55. The molecule has 1 aromatic heterocycles. The highest BCUT2D eigenvalue weighted by Gasteiger charge is 2.30. The van der Waals surface area contributed by atoms with Crippen molar-refractivity contribution in [2.45, 2.75) is 59.0 Å². The quantitative estimate of drug-likeness (QED) is 0.0988. The molecule has 0 spiro atoms. The van der Waals surface area contributed by atoms with Crippen LogP contribution in [0.25, 0.3) is 68.9 Å². The lowest BCUT2D eigenvalue weighted by atomic mass is 9.93. The van der Waals surface area contributed by atoms with E-state index in [4.69, 9.17) is 18.9 Å². The number of thiophene rings is 1. The lowest BCUT2D eigenvalue weighted by Crippen LogP contribution is -2.32. The molecule has 0 atom stereocenters. The van der Waals surface area contributed by atoms with Gasteiger partial charge >= 0.3 is 0 Å². The number of carbonyl (C=O) groups is 4. The van der Waals surface area contributed by atoms with E-state index in [1.807, 2.05) is 170 Å². The molecule has 0 radical (unpaired) electrons. The molecule has 16 heteroatoms. The summed E-state index contributed by atoms with van der Waals surface area (Å²) < 4.78 is 38.0. The number of hydrogen-bond donors (Lipinski definition) is 4. The Morgan fingerprint density at radius 1 is 0.500 bits per heavy atom. The van der Waals surface area contributed by atoms with Crippen molar-refractivity contribution in [2.75, 3.05) is 42.6 Å². The minimum atomic E-state index is -0.370. The Labute approximate surface area is 590 Å². The van der Waals surface area contributed by atoms with Crippen LogP contribution in [0.1, 0.15) is 101 Å². The lowest BCUT2D eigenvalue weighted by Gasteiger charge is -2.32. The van der Waals surface area contributed by atoms with E-state index < -0.39 is 0 Å². The maximum Gasteiger partial charge on any atom is 0.256 e. The maximum absolute atomic E-state index is 13.6. The van der Waals surface area contributed by atoms with Crippen LogP contribution >= 0.6 is 43.2 Å². The predicted octanol–water partition coefficient (Wildman–Crippen LogP) is 20.3. The first kappa shape index (κ1) is 67.6. The molecule has 98 heavy (non-hydrogen) atoms. The maximum atomic E-state index is 13.6. The molecular formula is C82H69Br2FN4O8S. The number of anilines is 4. The number of halogens is 3. The Morgan fingerprint density at radius 3 is 1.54 bits per heavy atom. The highest BCUT2D eigenvalue weighted by molar-refractivity contribution is 9.10. The lowest BCUT2D eigenvalue weighted by molar-refractivity contribution is -0.111. The van der Waals surface area contributed by atoms with Crippen LogP contribution in [0.15, 0.2) is 202 Å². The van der Waals surface area contributed by atoms with Crippen LogP contribution in [-0.2, 0) is 25.6 Å². The number of ether oxygens (including phenoxy) is 4. The molecule has 15 rings (SSSR count). The Balaban J connectivity index is 0.000000124. The molecule has 12 nitrogen and oxygen atoms in total. The van der Waals surface area contributed by atoms with Crippen molar-refractivity contribution in [3.63, 3.8) is 0 Å². The molecule has 0 saturated carbocycles. The van der Waals surface area contributed by atoms with E-state index in [1.165, 1.54) is 17.7 Å². The average molecular weight is 1450 g/mol. The van der Waals surface area contributed by atoms with Crippen LogP contribution in [0.5, 0.6) is 23.0 Å².